The Morgan fingerprint density at radius 2 is 1.96 bits per heavy atom. The molecule has 0 radical (unpaired) electrons. The van der Waals surface area contributed by atoms with Crippen LogP contribution in [0.2, 0.25) is 0 Å². The van der Waals surface area contributed by atoms with E-state index in [1.165, 1.54) is 12.8 Å². The Kier molecular flexibility index (Phi) is 4.95. The van der Waals surface area contributed by atoms with Crippen LogP contribution in [0.15, 0.2) is 11.4 Å². The molecular weight excluding hydrogens is 370 g/mol. The van der Waals surface area contributed by atoms with E-state index in [2.05, 4.69) is 14.7 Å². The molecule has 0 aliphatic carbocycles. The second kappa shape index (κ2) is 7.45. The zero-order valence-corrected chi connectivity index (χ0v) is 17.6. The summed E-state index contributed by atoms with van der Waals surface area (Å²) in [4.78, 5) is 33.0. The predicted octanol–water partition coefficient (Wildman–Crippen LogP) is 2.99. The maximum absolute atomic E-state index is 12.8. The van der Waals surface area contributed by atoms with Crippen molar-refractivity contribution in [3.05, 3.63) is 21.9 Å². The Hall–Kier alpha value is -1.40. The molecule has 28 heavy (non-hydrogen) atoms. The highest BCUT2D eigenvalue weighted by atomic mass is 32.1. The van der Waals surface area contributed by atoms with E-state index in [1.807, 2.05) is 18.4 Å². The molecule has 5 nitrogen and oxygen atoms in total. The number of carbonyl (C=O) groups excluding carboxylic acids is 2. The molecule has 152 valence electrons. The summed E-state index contributed by atoms with van der Waals surface area (Å²) in [6.45, 7) is 7.04. The van der Waals surface area contributed by atoms with Gasteiger partial charge in [0.05, 0.1) is 4.88 Å². The Balaban J connectivity index is 1.20. The molecule has 2 amide bonds. The highest BCUT2D eigenvalue weighted by Gasteiger charge is 2.45. The van der Waals surface area contributed by atoms with Crippen molar-refractivity contribution in [3.63, 3.8) is 0 Å². The quantitative estimate of drug-likeness (QED) is 0.765. The van der Waals surface area contributed by atoms with Crippen molar-refractivity contribution in [1.82, 2.24) is 14.7 Å². The van der Waals surface area contributed by atoms with Gasteiger partial charge in [-0.15, -0.1) is 11.3 Å². The number of fused-ring (bicyclic) bond motifs is 4. The lowest BCUT2D eigenvalue weighted by Crippen LogP contribution is -2.62. The molecule has 2 bridgehead atoms. The van der Waals surface area contributed by atoms with E-state index in [-0.39, 0.29) is 5.91 Å². The fourth-order valence-corrected chi connectivity index (χ4v) is 7.01. The van der Waals surface area contributed by atoms with Gasteiger partial charge in [0.1, 0.15) is 0 Å². The third-order valence-corrected chi connectivity index (χ3v) is 8.54. The summed E-state index contributed by atoms with van der Waals surface area (Å²) < 4.78 is 0. The van der Waals surface area contributed by atoms with Crippen LogP contribution in [0.5, 0.6) is 0 Å². The first-order valence-corrected chi connectivity index (χ1v) is 11.8. The Labute approximate surface area is 171 Å². The fourth-order valence-electron chi connectivity index (χ4n) is 6.12. The van der Waals surface area contributed by atoms with Crippen LogP contribution in [0.25, 0.3) is 0 Å². The third kappa shape index (κ3) is 3.28. The second-order valence-electron chi connectivity index (χ2n) is 9.28. The topological polar surface area (TPSA) is 43.9 Å². The average molecular weight is 402 g/mol. The Bertz CT molecular complexity index is 755. The van der Waals surface area contributed by atoms with Crippen LogP contribution in [0, 0.1) is 18.8 Å². The molecule has 4 aliphatic rings. The molecule has 5 heterocycles. The molecule has 4 aliphatic heterocycles. The van der Waals surface area contributed by atoms with Crippen molar-refractivity contribution in [3.8, 4) is 0 Å². The lowest BCUT2D eigenvalue weighted by atomic mass is 9.75. The molecule has 0 aromatic carbocycles. The maximum atomic E-state index is 12.8. The molecule has 0 N–H and O–H groups in total. The minimum atomic E-state index is 0.220. The molecule has 0 saturated carbocycles. The number of hydrogen-bond acceptors (Lipinski definition) is 4. The number of amides is 2. The molecule has 6 heteroatoms. The predicted molar refractivity (Wildman–Crippen MR) is 111 cm³/mol. The number of nitrogens with zero attached hydrogens (tertiary/aromatic N) is 3. The Morgan fingerprint density at radius 1 is 1.14 bits per heavy atom. The van der Waals surface area contributed by atoms with Crippen molar-refractivity contribution in [1.29, 1.82) is 0 Å². The third-order valence-electron chi connectivity index (χ3n) is 7.53. The van der Waals surface area contributed by atoms with E-state index in [0.29, 0.717) is 29.8 Å². The first-order valence-electron chi connectivity index (χ1n) is 11.0. The van der Waals surface area contributed by atoms with Gasteiger partial charge in [0, 0.05) is 51.2 Å². The first kappa shape index (κ1) is 18.6. The highest BCUT2D eigenvalue weighted by molar-refractivity contribution is 7.12. The zero-order chi connectivity index (χ0) is 19.3. The largest absolute Gasteiger partial charge is 0.339 e. The maximum Gasteiger partial charge on any atom is 0.264 e. The minimum Gasteiger partial charge on any atom is -0.339 e. The average Bonchev–Trinajstić information content (AvgIpc) is 3.14. The molecule has 1 aromatic heterocycles. The summed E-state index contributed by atoms with van der Waals surface area (Å²) in [6, 6.07) is 3.13. The van der Waals surface area contributed by atoms with Crippen LogP contribution in [-0.4, -0.2) is 71.3 Å². The fraction of sp³-hybridized carbons (Fsp3) is 0.727. The number of aryl methyl sites for hydroxylation is 1. The normalized spacial score (nSPS) is 31.8. The lowest BCUT2D eigenvalue weighted by molar-refractivity contribution is -0.145. The van der Waals surface area contributed by atoms with Crippen molar-refractivity contribution < 1.29 is 9.59 Å². The molecule has 1 aromatic rings. The summed E-state index contributed by atoms with van der Waals surface area (Å²) in [5, 5.41) is 2.01. The monoisotopic (exact) mass is 401 g/mol. The van der Waals surface area contributed by atoms with Gasteiger partial charge in [-0.3, -0.25) is 14.5 Å². The van der Waals surface area contributed by atoms with Crippen LogP contribution in [0.3, 0.4) is 0 Å². The van der Waals surface area contributed by atoms with E-state index in [0.717, 1.165) is 68.8 Å². The van der Waals surface area contributed by atoms with Crippen LogP contribution in [-0.2, 0) is 4.79 Å². The summed E-state index contributed by atoms with van der Waals surface area (Å²) in [6.07, 6.45) is 6.51. The second-order valence-corrected chi connectivity index (χ2v) is 10.2. The van der Waals surface area contributed by atoms with Gasteiger partial charge in [0.15, 0.2) is 0 Å². The number of thiophene rings is 1. The van der Waals surface area contributed by atoms with Gasteiger partial charge in [0.2, 0.25) is 5.91 Å². The zero-order valence-electron chi connectivity index (χ0n) is 16.8. The molecule has 0 unspecified atom stereocenters. The summed E-state index contributed by atoms with van der Waals surface area (Å²) in [5.41, 5.74) is 1.10. The molecule has 4 saturated heterocycles. The number of hydrogen-bond donors (Lipinski definition) is 0. The minimum absolute atomic E-state index is 0.220. The first-order chi connectivity index (χ1) is 13.6. The van der Waals surface area contributed by atoms with Crippen LogP contribution in [0.4, 0.5) is 0 Å². The van der Waals surface area contributed by atoms with Gasteiger partial charge in [-0.05, 0) is 67.9 Å². The van der Waals surface area contributed by atoms with Crippen LogP contribution < -0.4 is 0 Å². The molecule has 5 rings (SSSR count). The van der Waals surface area contributed by atoms with Gasteiger partial charge < -0.3 is 9.80 Å². The van der Waals surface area contributed by atoms with Crippen LogP contribution >= 0.6 is 11.3 Å². The van der Waals surface area contributed by atoms with Crippen molar-refractivity contribution in [2.45, 2.75) is 57.5 Å². The van der Waals surface area contributed by atoms with Gasteiger partial charge in [-0.25, -0.2) is 0 Å². The lowest BCUT2D eigenvalue weighted by Gasteiger charge is -2.54. The Morgan fingerprint density at radius 3 is 2.71 bits per heavy atom. The van der Waals surface area contributed by atoms with Crippen molar-refractivity contribution in [2.75, 3.05) is 32.7 Å². The van der Waals surface area contributed by atoms with E-state index in [4.69, 9.17) is 0 Å². The van der Waals surface area contributed by atoms with Crippen LogP contribution in [0.1, 0.15) is 53.8 Å². The SMILES string of the molecule is Cc1ccsc1C(=O)N1CCC(N2C[C@H]3C[C@H](C2)[C@H]2CCCC(=O)N2C3)CC1. The van der Waals surface area contributed by atoms with E-state index in [9.17, 15) is 9.59 Å². The van der Waals surface area contributed by atoms with Crippen molar-refractivity contribution in [2.24, 2.45) is 11.8 Å². The molecule has 4 fully saturated rings. The van der Waals surface area contributed by atoms with E-state index in [1.54, 1.807) is 11.3 Å². The molecule has 0 spiro atoms. The summed E-state index contributed by atoms with van der Waals surface area (Å²) in [5.74, 6) is 1.92. The van der Waals surface area contributed by atoms with E-state index < -0.39 is 0 Å². The number of likely N-dealkylation sites (tertiary alicyclic amines) is 2. The van der Waals surface area contributed by atoms with E-state index >= 15 is 0 Å². The molecular formula is C22H31N3O2S. The highest BCUT2D eigenvalue weighted by Crippen LogP contribution is 2.39. The number of piperidine rings is 4. The van der Waals surface area contributed by atoms with Gasteiger partial charge in [-0.1, -0.05) is 0 Å². The van der Waals surface area contributed by atoms with Gasteiger partial charge in [-0.2, -0.15) is 0 Å². The smallest absolute Gasteiger partial charge is 0.264 e. The number of rotatable bonds is 2. The number of carbonyl (C=O) groups is 2. The summed E-state index contributed by atoms with van der Waals surface area (Å²) >= 11 is 1.57. The molecule has 3 atom stereocenters. The van der Waals surface area contributed by atoms with Gasteiger partial charge >= 0.3 is 0 Å². The van der Waals surface area contributed by atoms with Gasteiger partial charge in [0.25, 0.3) is 5.91 Å². The summed E-state index contributed by atoms with van der Waals surface area (Å²) in [7, 11) is 0. The standard InChI is InChI=1S/C22H31N3O2S/c1-15-7-10-28-21(15)22(27)23-8-5-18(6-9-23)24-12-16-11-17(14-24)19-3-2-4-20(26)25(19)13-16/h7,10,16-19H,2-6,8-9,11-14H2,1H3/t16-,17-,19-/m1/s1. The van der Waals surface area contributed by atoms with Crippen molar-refractivity contribution >= 4 is 23.2 Å².